The molecule has 0 saturated heterocycles. The van der Waals surface area contributed by atoms with Gasteiger partial charge in [0.2, 0.25) is 0 Å². The van der Waals surface area contributed by atoms with E-state index in [0.717, 1.165) is 0 Å². The van der Waals surface area contributed by atoms with Gasteiger partial charge in [0.1, 0.15) is 17.0 Å². The van der Waals surface area contributed by atoms with E-state index in [1.165, 1.54) is 26.5 Å². The van der Waals surface area contributed by atoms with Crippen molar-refractivity contribution in [2.45, 2.75) is 0 Å². The standard InChI is InChI=1S/C9H9NO4/c1-13-8-3-6(5-11)10-4-7(8)9(12)14-2/h3-5H,1-2H3. The number of pyridine rings is 1. The predicted molar refractivity (Wildman–Crippen MR) is 47.5 cm³/mol. The minimum absolute atomic E-state index is 0.195. The van der Waals surface area contributed by atoms with Crippen LogP contribution in [0.25, 0.3) is 0 Å². The van der Waals surface area contributed by atoms with Crippen molar-refractivity contribution in [1.82, 2.24) is 4.98 Å². The Morgan fingerprint density at radius 3 is 2.71 bits per heavy atom. The first kappa shape index (κ1) is 10.2. The van der Waals surface area contributed by atoms with Crippen molar-refractivity contribution in [3.05, 3.63) is 23.5 Å². The Morgan fingerprint density at radius 2 is 2.21 bits per heavy atom. The van der Waals surface area contributed by atoms with Gasteiger partial charge in [-0.25, -0.2) is 4.79 Å². The molecule has 1 aromatic rings. The van der Waals surface area contributed by atoms with Crippen molar-refractivity contribution in [3.63, 3.8) is 0 Å². The minimum atomic E-state index is -0.549. The van der Waals surface area contributed by atoms with Crippen LogP contribution in [0, 0.1) is 0 Å². The molecule has 1 heterocycles. The van der Waals surface area contributed by atoms with Gasteiger partial charge in [-0.2, -0.15) is 0 Å². The van der Waals surface area contributed by atoms with Gasteiger partial charge in [0.15, 0.2) is 6.29 Å². The summed E-state index contributed by atoms with van der Waals surface area (Å²) in [5.41, 5.74) is 0.398. The molecule has 0 spiro atoms. The van der Waals surface area contributed by atoms with Gasteiger partial charge in [-0.1, -0.05) is 0 Å². The van der Waals surface area contributed by atoms with E-state index in [-0.39, 0.29) is 17.0 Å². The number of aromatic nitrogens is 1. The molecule has 0 aliphatic rings. The van der Waals surface area contributed by atoms with E-state index in [1.54, 1.807) is 0 Å². The number of ether oxygens (including phenoxy) is 2. The molecule has 1 aromatic heterocycles. The molecular formula is C9H9NO4. The van der Waals surface area contributed by atoms with Crippen molar-refractivity contribution in [3.8, 4) is 5.75 Å². The van der Waals surface area contributed by atoms with Crippen molar-refractivity contribution in [2.24, 2.45) is 0 Å². The first-order valence-corrected chi connectivity index (χ1v) is 3.80. The van der Waals surface area contributed by atoms with Gasteiger partial charge in [-0.05, 0) is 0 Å². The fourth-order valence-electron chi connectivity index (χ4n) is 0.949. The molecule has 0 saturated carbocycles. The van der Waals surface area contributed by atoms with Gasteiger partial charge in [0.25, 0.3) is 0 Å². The number of hydrogen-bond donors (Lipinski definition) is 0. The smallest absolute Gasteiger partial charge is 0.343 e. The van der Waals surface area contributed by atoms with Crippen LogP contribution >= 0.6 is 0 Å². The van der Waals surface area contributed by atoms with Crippen LogP contribution in [0.3, 0.4) is 0 Å². The SMILES string of the molecule is COC(=O)c1cnc(C=O)cc1OC. The summed E-state index contributed by atoms with van der Waals surface area (Å²) in [5.74, 6) is -0.277. The second-order valence-electron chi connectivity index (χ2n) is 2.42. The fourth-order valence-corrected chi connectivity index (χ4v) is 0.949. The van der Waals surface area contributed by atoms with E-state index in [2.05, 4.69) is 9.72 Å². The molecular weight excluding hydrogens is 186 g/mol. The summed E-state index contributed by atoms with van der Waals surface area (Å²) >= 11 is 0. The summed E-state index contributed by atoms with van der Waals surface area (Å²) in [6.07, 6.45) is 1.82. The third kappa shape index (κ3) is 1.87. The fraction of sp³-hybridized carbons (Fsp3) is 0.222. The average molecular weight is 195 g/mol. The highest BCUT2D eigenvalue weighted by atomic mass is 16.5. The number of carbonyl (C=O) groups excluding carboxylic acids is 2. The van der Waals surface area contributed by atoms with Crippen LogP contribution in [0.5, 0.6) is 5.75 Å². The van der Waals surface area contributed by atoms with E-state index in [0.29, 0.717) is 6.29 Å². The normalized spacial score (nSPS) is 9.29. The highest BCUT2D eigenvalue weighted by molar-refractivity contribution is 5.92. The lowest BCUT2D eigenvalue weighted by Crippen LogP contribution is -2.05. The second kappa shape index (κ2) is 4.36. The zero-order valence-corrected chi connectivity index (χ0v) is 7.81. The molecule has 0 radical (unpaired) electrons. The lowest BCUT2D eigenvalue weighted by atomic mass is 10.2. The van der Waals surface area contributed by atoms with Gasteiger partial charge < -0.3 is 9.47 Å². The van der Waals surface area contributed by atoms with Crippen molar-refractivity contribution in [2.75, 3.05) is 14.2 Å². The molecule has 0 aliphatic heterocycles. The maximum atomic E-state index is 11.2. The van der Waals surface area contributed by atoms with Gasteiger partial charge >= 0.3 is 5.97 Å². The highest BCUT2D eigenvalue weighted by Crippen LogP contribution is 2.18. The molecule has 0 unspecified atom stereocenters. The van der Waals surface area contributed by atoms with Crippen molar-refractivity contribution >= 4 is 12.3 Å². The Labute approximate surface area is 80.7 Å². The molecule has 1 rings (SSSR count). The molecule has 0 atom stereocenters. The van der Waals surface area contributed by atoms with Crippen molar-refractivity contribution in [1.29, 1.82) is 0 Å². The number of nitrogens with zero attached hydrogens (tertiary/aromatic N) is 1. The Kier molecular flexibility index (Phi) is 3.17. The molecule has 0 bridgehead atoms. The van der Waals surface area contributed by atoms with Crippen LogP contribution < -0.4 is 4.74 Å². The number of rotatable bonds is 3. The Morgan fingerprint density at radius 1 is 1.50 bits per heavy atom. The summed E-state index contributed by atoms with van der Waals surface area (Å²) in [4.78, 5) is 25.3. The molecule has 5 nitrogen and oxygen atoms in total. The van der Waals surface area contributed by atoms with E-state index in [4.69, 9.17) is 4.74 Å². The van der Waals surface area contributed by atoms with Gasteiger partial charge in [-0.15, -0.1) is 0 Å². The van der Waals surface area contributed by atoms with Crippen LogP contribution in [0.2, 0.25) is 0 Å². The molecule has 0 amide bonds. The minimum Gasteiger partial charge on any atom is -0.496 e. The number of hydrogen-bond acceptors (Lipinski definition) is 5. The molecule has 0 aliphatic carbocycles. The van der Waals surface area contributed by atoms with Crippen molar-refractivity contribution < 1.29 is 19.1 Å². The monoisotopic (exact) mass is 195 g/mol. The zero-order chi connectivity index (χ0) is 10.6. The third-order valence-electron chi connectivity index (χ3n) is 1.63. The first-order chi connectivity index (χ1) is 6.72. The van der Waals surface area contributed by atoms with Crippen LogP contribution in [-0.2, 0) is 4.74 Å². The van der Waals surface area contributed by atoms with Crippen LogP contribution in [0.4, 0.5) is 0 Å². The second-order valence-corrected chi connectivity index (χ2v) is 2.42. The van der Waals surface area contributed by atoms with Gasteiger partial charge in [0.05, 0.1) is 14.2 Å². The molecule has 0 fully saturated rings. The lowest BCUT2D eigenvalue weighted by Gasteiger charge is -2.05. The number of carbonyl (C=O) groups is 2. The van der Waals surface area contributed by atoms with Crippen LogP contribution in [0.15, 0.2) is 12.3 Å². The summed E-state index contributed by atoms with van der Waals surface area (Å²) in [6.45, 7) is 0. The molecule has 14 heavy (non-hydrogen) atoms. The average Bonchev–Trinajstić information content (AvgIpc) is 2.27. The highest BCUT2D eigenvalue weighted by Gasteiger charge is 2.13. The lowest BCUT2D eigenvalue weighted by molar-refractivity contribution is 0.0596. The van der Waals surface area contributed by atoms with Gasteiger partial charge in [0, 0.05) is 12.3 Å². The molecule has 0 N–H and O–H groups in total. The Hall–Kier alpha value is -1.91. The maximum absolute atomic E-state index is 11.2. The summed E-state index contributed by atoms with van der Waals surface area (Å²) in [6, 6.07) is 1.37. The maximum Gasteiger partial charge on any atom is 0.343 e. The van der Waals surface area contributed by atoms with E-state index >= 15 is 0 Å². The van der Waals surface area contributed by atoms with Gasteiger partial charge in [-0.3, -0.25) is 9.78 Å². The summed E-state index contributed by atoms with van der Waals surface area (Å²) < 4.78 is 9.42. The topological polar surface area (TPSA) is 65.5 Å². The number of esters is 1. The summed E-state index contributed by atoms with van der Waals surface area (Å²) in [7, 11) is 2.66. The largest absolute Gasteiger partial charge is 0.496 e. The molecule has 74 valence electrons. The van der Waals surface area contributed by atoms with Crippen LogP contribution in [-0.4, -0.2) is 31.5 Å². The Balaban J connectivity index is 3.17. The third-order valence-corrected chi connectivity index (χ3v) is 1.63. The number of aldehydes is 1. The first-order valence-electron chi connectivity index (χ1n) is 3.80. The zero-order valence-electron chi connectivity index (χ0n) is 7.81. The molecule has 5 heteroatoms. The summed E-state index contributed by atoms with van der Waals surface area (Å²) in [5, 5.41) is 0. The molecule has 0 aromatic carbocycles. The van der Waals surface area contributed by atoms with E-state index in [9.17, 15) is 9.59 Å². The number of methoxy groups -OCH3 is 2. The van der Waals surface area contributed by atoms with E-state index < -0.39 is 5.97 Å². The predicted octanol–water partition coefficient (Wildman–Crippen LogP) is 0.689. The van der Waals surface area contributed by atoms with E-state index in [1.807, 2.05) is 0 Å². The van der Waals surface area contributed by atoms with Crippen LogP contribution in [0.1, 0.15) is 20.8 Å². The Bertz CT molecular complexity index is 362. The quantitative estimate of drug-likeness (QED) is 0.524.